The molecule has 0 aromatic heterocycles. The average Bonchev–Trinajstić information content (AvgIpc) is 2.57. The third-order valence-electron chi connectivity index (χ3n) is 3.68. The summed E-state index contributed by atoms with van der Waals surface area (Å²) in [6.45, 7) is 3.40. The Hall–Kier alpha value is -2.45. The molecule has 0 heterocycles. The summed E-state index contributed by atoms with van der Waals surface area (Å²) in [6.07, 6.45) is 0.182. The lowest BCUT2D eigenvalue weighted by molar-refractivity contribution is -0.511. The maximum atomic E-state index is 13.0. The standard InChI is InChI=1S/C17H17ClN2O5S/c1-12(2)19(26(24,25)14-6-4-3-5-7-14)13-8-9-15(16(18)10-13)17(11-21)20(22)23/h3-12,17H,1-2H3. The van der Waals surface area contributed by atoms with Gasteiger partial charge in [0.2, 0.25) is 0 Å². The van der Waals surface area contributed by atoms with E-state index in [2.05, 4.69) is 0 Å². The molecular weight excluding hydrogens is 380 g/mol. The number of rotatable bonds is 7. The van der Waals surface area contributed by atoms with Crippen LogP contribution < -0.4 is 4.31 Å². The van der Waals surface area contributed by atoms with E-state index in [0.717, 1.165) is 0 Å². The van der Waals surface area contributed by atoms with Crippen LogP contribution in [0.25, 0.3) is 0 Å². The molecule has 1 atom stereocenters. The van der Waals surface area contributed by atoms with Crippen LogP contribution in [0.3, 0.4) is 0 Å². The smallest absolute Gasteiger partial charge is 0.293 e. The summed E-state index contributed by atoms with van der Waals surface area (Å²) in [5, 5.41) is 10.9. The Morgan fingerprint density at radius 2 is 1.77 bits per heavy atom. The predicted molar refractivity (Wildman–Crippen MR) is 98.5 cm³/mol. The Morgan fingerprint density at radius 3 is 2.23 bits per heavy atom. The van der Waals surface area contributed by atoms with Crippen LogP contribution in [0.1, 0.15) is 25.5 Å². The van der Waals surface area contributed by atoms with Crippen LogP contribution in [0, 0.1) is 10.1 Å². The maximum Gasteiger partial charge on any atom is 0.293 e. The Kier molecular flexibility index (Phi) is 5.99. The van der Waals surface area contributed by atoms with Crippen molar-refractivity contribution in [3.8, 4) is 0 Å². The third kappa shape index (κ3) is 3.86. The molecule has 0 saturated carbocycles. The first kappa shape index (κ1) is 19.9. The molecule has 0 spiro atoms. The highest BCUT2D eigenvalue weighted by Crippen LogP contribution is 2.32. The van der Waals surface area contributed by atoms with Gasteiger partial charge in [0, 0.05) is 11.0 Å². The average molecular weight is 397 g/mol. The Morgan fingerprint density at radius 1 is 1.15 bits per heavy atom. The lowest BCUT2D eigenvalue weighted by Crippen LogP contribution is -2.37. The SMILES string of the molecule is CC(C)N(c1ccc(C(C=O)[N+](=O)[O-])c(Cl)c1)S(=O)(=O)c1ccccc1. The monoisotopic (exact) mass is 396 g/mol. The van der Waals surface area contributed by atoms with E-state index in [9.17, 15) is 23.3 Å². The highest BCUT2D eigenvalue weighted by molar-refractivity contribution is 7.92. The molecule has 2 aromatic carbocycles. The van der Waals surface area contributed by atoms with Gasteiger partial charge in [-0.05, 0) is 44.2 Å². The van der Waals surface area contributed by atoms with Crippen LogP contribution in [0.15, 0.2) is 53.4 Å². The van der Waals surface area contributed by atoms with Crippen molar-refractivity contribution in [2.24, 2.45) is 0 Å². The molecule has 0 saturated heterocycles. The quantitative estimate of drug-likeness (QED) is 0.405. The van der Waals surface area contributed by atoms with E-state index >= 15 is 0 Å². The minimum atomic E-state index is -3.85. The molecule has 2 aromatic rings. The number of hydrogen-bond donors (Lipinski definition) is 0. The van der Waals surface area contributed by atoms with E-state index in [1.54, 1.807) is 32.0 Å². The molecule has 0 N–H and O–H groups in total. The zero-order chi connectivity index (χ0) is 19.5. The van der Waals surface area contributed by atoms with Crippen molar-refractivity contribution in [1.29, 1.82) is 0 Å². The highest BCUT2D eigenvalue weighted by Gasteiger charge is 2.30. The first-order valence-corrected chi connectivity index (χ1v) is 9.49. The van der Waals surface area contributed by atoms with Crippen LogP contribution in [0.4, 0.5) is 5.69 Å². The Balaban J connectivity index is 2.54. The summed E-state index contributed by atoms with van der Waals surface area (Å²) in [5.74, 6) is 0. The predicted octanol–water partition coefficient (Wildman–Crippen LogP) is 3.46. The fraction of sp³-hybridized carbons (Fsp3) is 0.235. The van der Waals surface area contributed by atoms with Crippen LogP contribution >= 0.6 is 11.6 Å². The lowest BCUT2D eigenvalue weighted by Gasteiger charge is -2.28. The molecule has 2 rings (SSSR count). The van der Waals surface area contributed by atoms with Gasteiger partial charge in [-0.15, -0.1) is 0 Å². The second-order valence-corrected chi connectivity index (χ2v) is 8.00. The number of aldehydes is 1. The van der Waals surface area contributed by atoms with E-state index in [1.807, 2.05) is 0 Å². The van der Waals surface area contributed by atoms with Crippen molar-refractivity contribution < 1.29 is 18.1 Å². The van der Waals surface area contributed by atoms with E-state index in [-0.39, 0.29) is 27.5 Å². The number of benzene rings is 2. The van der Waals surface area contributed by atoms with Crippen molar-refractivity contribution in [3.05, 3.63) is 69.2 Å². The van der Waals surface area contributed by atoms with Gasteiger partial charge < -0.3 is 0 Å². The largest absolute Gasteiger partial charge is 0.295 e. The van der Waals surface area contributed by atoms with Gasteiger partial charge in [-0.3, -0.25) is 19.2 Å². The summed E-state index contributed by atoms with van der Waals surface area (Å²) in [6, 6.07) is 9.90. The molecule has 0 aliphatic carbocycles. The van der Waals surface area contributed by atoms with Crippen LogP contribution in [0.2, 0.25) is 5.02 Å². The zero-order valence-electron chi connectivity index (χ0n) is 14.1. The van der Waals surface area contributed by atoms with Gasteiger partial charge in [0.15, 0.2) is 6.29 Å². The van der Waals surface area contributed by atoms with Crippen molar-refractivity contribution in [2.45, 2.75) is 30.8 Å². The third-order valence-corrected chi connectivity index (χ3v) is 6.03. The first-order valence-electron chi connectivity index (χ1n) is 7.68. The van der Waals surface area contributed by atoms with Crippen LogP contribution in [-0.4, -0.2) is 25.7 Å². The number of carbonyl (C=O) groups excluding carboxylic acids is 1. The van der Waals surface area contributed by atoms with Gasteiger partial charge >= 0.3 is 0 Å². The second-order valence-electron chi connectivity index (χ2n) is 5.78. The summed E-state index contributed by atoms with van der Waals surface area (Å²) in [4.78, 5) is 21.3. The van der Waals surface area contributed by atoms with E-state index in [0.29, 0.717) is 0 Å². The van der Waals surface area contributed by atoms with Gasteiger partial charge in [0.1, 0.15) is 0 Å². The number of anilines is 1. The van der Waals surface area contributed by atoms with Crippen molar-refractivity contribution in [3.63, 3.8) is 0 Å². The van der Waals surface area contributed by atoms with Gasteiger partial charge in [0.25, 0.3) is 16.1 Å². The number of nitro groups is 1. The van der Waals surface area contributed by atoms with Gasteiger partial charge in [-0.2, -0.15) is 0 Å². The topological polar surface area (TPSA) is 97.6 Å². The van der Waals surface area contributed by atoms with Crippen molar-refractivity contribution >= 4 is 33.6 Å². The van der Waals surface area contributed by atoms with Crippen LogP contribution in [0.5, 0.6) is 0 Å². The summed E-state index contributed by atoms with van der Waals surface area (Å²) in [7, 11) is -3.85. The molecule has 0 radical (unpaired) electrons. The zero-order valence-corrected chi connectivity index (χ0v) is 15.6. The summed E-state index contributed by atoms with van der Waals surface area (Å²) >= 11 is 6.11. The summed E-state index contributed by atoms with van der Waals surface area (Å²) in [5.41, 5.74) is 0.266. The molecule has 0 amide bonds. The number of sulfonamides is 1. The molecule has 26 heavy (non-hydrogen) atoms. The molecule has 0 aliphatic rings. The molecule has 1 unspecified atom stereocenters. The van der Waals surface area contributed by atoms with Gasteiger partial charge in [0.05, 0.1) is 21.2 Å². The lowest BCUT2D eigenvalue weighted by atomic mass is 10.1. The number of hydrogen-bond acceptors (Lipinski definition) is 5. The molecule has 0 fully saturated rings. The Bertz CT molecular complexity index is 916. The first-order chi connectivity index (χ1) is 12.2. The molecule has 7 nitrogen and oxygen atoms in total. The molecule has 9 heteroatoms. The van der Waals surface area contributed by atoms with Crippen molar-refractivity contribution in [2.75, 3.05) is 4.31 Å². The number of carbonyl (C=O) groups is 1. The van der Waals surface area contributed by atoms with Gasteiger partial charge in [-0.25, -0.2) is 8.42 Å². The number of nitrogens with zero attached hydrogens (tertiary/aromatic N) is 2. The van der Waals surface area contributed by atoms with Gasteiger partial charge in [-0.1, -0.05) is 29.8 Å². The minimum absolute atomic E-state index is 0.0104. The molecule has 138 valence electrons. The Labute approximate surface area is 156 Å². The van der Waals surface area contributed by atoms with Crippen molar-refractivity contribution in [1.82, 2.24) is 0 Å². The maximum absolute atomic E-state index is 13.0. The highest BCUT2D eigenvalue weighted by atomic mass is 35.5. The van der Waals surface area contributed by atoms with E-state index < -0.39 is 27.0 Å². The molecular formula is C17H17ClN2O5S. The molecule has 0 aliphatic heterocycles. The summed E-state index contributed by atoms with van der Waals surface area (Å²) < 4.78 is 27.2. The normalized spacial score (nSPS) is 12.6. The van der Waals surface area contributed by atoms with Crippen LogP contribution in [-0.2, 0) is 14.8 Å². The fourth-order valence-electron chi connectivity index (χ4n) is 2.55. The minimum Gasteiger partial charge on any atom is -0.295 e. The second kappa shape index (κ2) is 7.84. The number of halogens is 1. The molecule has 0 bridgehead atoms. The fourth-order valence-corrected chi connectivity index (χ4v) is 4.51. The van der Waals surface area contributed by atoms with E-state index in [4.69, 9.17) is 11.6 Å². The van der Waals surface area contributed by atoms with E-state index in [1.165, 1.54) is 34.6 Å².